The molecule has 2 aromatic rings. The number of hydrogen-bond acceptors (Lipinski definition) is 4. The molecule has 0 bridgehead atoms. The fourth-order valence-electron chi connectivity index (χ4n) is 2.54. The van der Waals surface area contributed by atoms with E-state index in [0.29, 0.717) is 12.0 Å². The van der Waals surface area contributed by atoms with E-state index >= 15 is 0 Å². The van der Waals surface area contributed by atoms with Gasteiger partial charge in [0.1, 0.15) is 5.52 Å². The number of ketones is 1. The third-order valence-electron chi connectivity index (χ3n) is 3.64. The van der Waals surface area contributed by atoms with Crippen LogP contribution in [0.3, 0.4) is 0 Å². The molecule has 0 radical (unpaired) electrons. The van der Waals surface area contributed by atoms with E-state index in [9.17, 15) is 4.79 Å². The molecule has 19 heavy (non-hydrogen) atoms. The Kier molecular flexibility index (Phi) is 3.60. The molecule has 0 aliphatic carbocycles. The third-order valence-corrected chi connectivity index (χ3v) is 3.64. The lowest BCUT2D eigenvalue weighted by atomic mass is 10.1. The number of carbonyl (C=O) groups is 1. The highest BCUT2D eigenvalue weighted by Crippen LogP contribution is 2.16. The summed E-state index contributed by atoms with van der Waals surface area (Å²) in [6.07, 6.45) is 4.30. The summed E-state index contributed by atoms with van der Waals surface area (Å²) in [5.41, 5.74) is 1.44. The lowest BCUT2D eigenvalue weighted by molar-refractivity contribution is 0.0927. The van der Waals surface area contributed by atoms with Crippen LogP contribution in [0.1, 0.15) is 36.4 Å². The van der Waals surface area contributed by atoms with Crippen molar-refractivity contribution >= 4 is 16.9 Å². The first-order valence-electron chi connectivity index (χ1n) is 6.94. The Morgan fingerprint density at radius 1 is 1.21 bits per heavy atom. The molecular formula is C15H18N2O2. The maximum atomic E-state index is 12.1. The van der Waals surface area contributed by atoms with Crippen molar-refractivity contribution in [1.82, 2.24) is 9.88 Å². The van der Waals surface area contributed by atoms with Crippen molar-refractivity contribution < 1.29 is 9.21 Å². The Bertz CT molecular complexity index is 537. The number of nitrogens with zero attached hydrogens (tertiary/aromatic N) is 2. The van der Waals surface area contributed by atoms with Crippen LogP contribution in [0.15, 0.2) is 28.7 Å². The smallest absolute Gasteiger partial charge is 0.264 e. The number of piperidine rings is 1. The summed E-state index contributed by atoms with van der Waals surface area (Å²) in [6.45, 7) is 3.04. The highest BCUT2D eigenvalue weighted by molar-refractivity contribution is 5.94. The third kappa shape index (κ3) is 2.84. The van der Waals surface area contributed by atoms with E-state index in [2.05, 4.69) is 9.88 Å². The van der Waals surface area contributed by atoms with Crippen molar-refractivity contribution in [3.8, 4) is 0 Å². The van der Waals surface area contributed by atoms with Gasteiger partial charge < -0.3 is 9.32 Å². The maximum absolute atomic E-state index is 12.1. The Labute approximate surface area is 112 Å². The minimum absolute atomic E-state index is 0.00164. The van der Waals surface area contributed by atoms with Gasteiger partial charge in [0, 0.05) is 13.0 Å². The SMILES string of the molecule is O=C(CCN1CCCCC1)c1nc2ccccc2o1. The van der Waals surface area contributed by atoms with Crippen LogP contribution in [0, 0.1) is 0 Å². The zero-order chi connectivity index (χ0) is 13.1. The molecular weight excluding hydrogens is 240 g/mol. The van der Waals surface area contributed by atoms with E-state index in [-0.39, 0.29) is 11.7 Å². The average molecular weight is 258 g/mol. The molecule has 1 aromatic heterocycles. The Morgan fingerprint density at radius 2 is 2.00 bits per heavy atom. The fraction of sp³-hybridized carbons (Fsp3) is 0.467. The molecule has 0 amide bonds. The summed E-state index contributed by atoms with van der Waals surface area (Å²) in [6, 6.07) is 7.48. The predicted octanol–water partition coefficient (Wildman–Crippen LogP) is 2.89. The number of benzene rings is 1. The van der Waals surface area contributed by atoms with Gasteiger partial charge >= 0.3 is 0 Å². The summed E-state index contributed by atoms with van der Waals surface area (Å²) in [4.78, 5) is 18.7. The molecule has 0 N–H and O–H groups in total. The minimum Gasteiger partial charge on any atom is -0.434 e. The largest absolute Gasteiger partial charge is 0.434 e. The number of oxazole rings is 1. The summed E-state index contributed by atoms with van der Waals surface area (Å²) < 4.78 is 5.49. The highest BCUT2D eigenvalue weighted by Gasteiger charge is 2.16. The quantitative estimate of drug-likeness (QED) is 0.791. The van der Waals surface area contributed by atoms with E-state index in [0.717, 1.165) is 25.2 Å². The Hall–Kier alpha value is -1.68. The van der Waals surface area contributed by atoms with Crippen molar-refractivity contribution in [3.63, 3.8) is 0 Å². The number of para-hydroxylation sites is 2. The molecule has 0 atom stereocenters. The van der Waals surface area contributed by atoms with Gasteiger partial charge in [0.25, 0.3) is 5.89 Å². The van der Waals surface area contributed by atoms with Crippen molar-refractivity contribution in [2.24, 2.45) is 0 Å². The molecule has 0 saturated carbocycles. The van der Waals surface area contributed by atoms with Crippen molar-refractivity contribution in [2.75, 3.05) is 19.6 Å². The molecule has 1 fully saturated rings. The molecule has 1 saturated heterocycles. The van der Waals surface area contributed by atoms with Crippen LogP contribution in [0.2, 0.25) is 0 Å². The first-order valence-corrected chi connectivity index (χ1v) is 6.94. The summed E-state index contributed by atoms with van der Waals surface area (Å²) >= 11 is 0. The second kappa shape index (κ2) is 5.53. The fourth-order valence-corrected chi connectivity index (χ4v) is 2.54. The molecule has 0 spiro atoms. The van der Waals surface area contributed by atoms with E-state index in [1.54, 1.807) is 0 Å². The summed E-state index contributed by atoms with van der Waals surface area (Å²) in [5.74, 6) is 0.250. The molecule has 3 rings (SSSR count). The van der Waals surface area contributed by atoms with Gasteiger partial charge in [-0.05, 0) is 38.1 Å². The number of carbonyl (C=O) groups excluding carboxylic acids is 1. The van der Waals surface area contributed by atoms with Crippen molar-refractivity contribution in [3.05, 3.63) is 30.2 Å². The van der Waals surface area contributed by atoms with E-state index in [1.807, 2.05) is 24.3 Å². The first-order chi connectivity index (χ1) is 9.33. The normalized spacial score (nSPS) is 16.8. The van der Waals surface area contributed by atoms with Gasteiger partial charge in [0.15, 0.2) is 5.58 Å². The summed E-state index contributed by atoms with van der Waals surface area (Å²) in [5, 5.41) is 0. The van der Waals surface area contributed by atoms with Crippen LogP contribution in [0.4, 0.5) is 0 Å². The zero-order valence-electron chi connectivity index (χ0n) is 11.0. The zero-order valence-corrected chi connectivity index (χ0v) is 11.0. The number of fused-ring (bicyclic) bond motifs is 1. The Balaban J connectivity index is 1.63. The van der Waals surface area contributed by atoms with Gasteiger partial charge in [-0.25, -0.2) is 4.98 Å². The number of rotatable bonds is 4. The molecule has 1 aromatic carbocycles. The molecule has 1 aliphatic heterocycles. The van der Waals surface area contributed by atoms with Gasteiger partial charge in [-0.3, -0.25) is 4.79 Å². The minimum atomic E-state index is 0.00164. The second-order valence-electron chi connectivity index (χ2n) is 5.06. The van der Waals surface area contributed by atoms with Gasteiger partial charge in [0.2, 0.25) is 5.78 Å². The topological polar surface area (TPSA) is 46.3 Å². The van der Waals surface area contributed by atoms with Gasteiger partial charge in [-0.1, -0.05) is 18.6 Å². The number of Topliss-reactive ketones (excluding diaryl/α,β-unsaturated/α-hetero) is 1. The van der Waals surface area contributed by atoms with Crippen LogP contribution in [0.5, 0.6) is 0 Å². The van der Waals surface area contributed by atoms with Gasteiger partial charge in [-0.2, -0.15) is 0 Å². The Morgan fingerprint density at radius 3 is 2.79 bits per heavy atom. The predicted molar refractivity (Wildman–Crippen MR) is 73.2 cm³/mol. The lowest BCUT2D eigenvalue weighted by Gasteiger charge is -2.25. The van der Waals surface area contributed by atoms with Crippen LogP contribution < -0.4 is 0 Å². The lowest BCUT2D eigenvalue weighted by Crippen LogP contribution is -2.31. The number of aromatic nitrogens is 1. The van der Waals surface area contributed by atoms with Crippen LogP contribution in [0.25, 0.3) is 11.1 Å². The monoisotopic (exact) mass is 258 g/mol. The standard InChI is InChI=1S/C15H18N2O2/c18-13(8-11-17-9-4-1-5-10-17)15-16-12-6-2-3-7-14(12)19-15/h2-3,6-7H,1,4-5,8-11H2. The summed E-state index contributed by atoms with van der Waals surface area (Å²) in [7, 11) is 0. The van der Waals surface area contributed by atoms with Crippen LogP contribution in [-0.2, 0) is 0 Å². The van der Waals surface area contributed by atoms with Crippen LogP contribution in [-0.4, -0.2) is 35.3 Å². The van der Waals surface area contributed by atoms with E-state index < -0.39 is 0 Å². The van der Waals surface area contributed by atoms with Crippen molar-refractivity contribution in [1.29, 1.82) is 0 Å². The van der Waals surface area contributed by atoms with Gasteiger partial charge in [0.05, 0.1) is 0 Å². The van der Waals surface area contributed by atoms with E-state index in [1.165, 1.54) is 19.3 Å². The molecule has 1 aliphatic rings. The maximum Gasteiger partial charge on any atom is 0.264 e. The number of likely N-dealkylation sites (tertiary alicyclic amines) is 1. The van der Waals surface area contributed by atoms with Crippen molar-refractivity contribution in [2.45, 2.75) is 25.7 Å². The first kappa shape index (κ1) is 12.4. The molecule has 4 heteroatoms. The number of hydrogen-bond donors (Lipinski definition) is 0. The van der Waals surface area contributed by atoms with Gasteiger partial charge in [-0.15, -0.1) is 0 Å². The molecule has 2 heterocycles. The second-order valence-corrected chi connectivity index (χ2v) is 5.06. The molecule has 100 valence electrons. The van der Waals surface area contributed by atoms with Crippen LogP contribution >= 0.6 is 0 Å². The highest BCUT2D eigenvalue weighted by atomic mass is 16.4. The van der Waals surface area contributed by atoms with E-state index in [4.69, 9.17) is 4.42 Å². The molecule has 0 unspecified atom stereocenters. The average Bonchev–Trinajstić information content (AvgIpc) is 2.90. The molecule has 4 nitrogen and oxygen atoms in total.